The van der Waals surface area contributed by atoms with E-state index in [0.717, 1.165) is 25.9 Å². The molecule has 3 aliphatic rings. The third-order valence-corrected chi connectivity index (χ3v) is 6.27. The number of allylic oxidation sites excluding steroid dienone is 1. The van der Waals surface area contributed by atoms with Crippen LogP contribution in [0.1, 0.15) is 71.1 Å². The van der Waals surface area contributed by atoms with Crippen LogP contribution in [0.5, 0.6) is 0 Å². The van der Waals surface area contributed by atoms with Gasteiger partial charge in [-0.2, -0.15) is 0 Å². The highest BCUT2D eigenvalue weighted by atomic mass is 16.5. The zero-order valence-corrected chi connectivity index (χ0v) is 14.3. The summed E-state index contributed by atoms with van der Waals surface area (Å²) in [4.78, 5) is 14.8. The summed E-state index contributed by atoms with van der Waals surface area (Å²) >= 11 is 0. The van der Waals surface area contributed by atoms with Crippen LogP contribution < -0.4 is 0 Å². The number of carbonyl (C=O) groups is 1. The van der Waals surface area contributed by atoms with Crippen LogP contribution in [0.2, 0.25) is 0 Å². The molecule has 1 spiro atoms. The normalized spacial score (nSPS) is 30.0. The molecule has 3 aliphatic carbocycles. The van der Waals surface area contributed by atoms with E-state index < -0.39 is 0 Å². The lowest BCUT2D eigenvalue weighted by molar-refractivity contribution is -0.172. The summed E-state index contributed by atoms with van der Waals surface area (Å²) in [7, 11) is 2.03. The van der Waals surface area contributed by atoms with Gasteiger partial charge >= 0.3 is 0 Å². The van der Waals surface area contributed by atoms with Crippen molar-refractivity contribution in [3.8, 4) is 0 Å². The third kappa shape index (κ3) is 2.84. The average Bonchev–Trinajstić information content (AvgIpc) is 3.04. The number of hydrogen-bond donors (Lipinski definition) is 0. The summed E-state index contributed by atoms with van der Waals surface area (Å²) in [5, 5.41) is 0. The van der Waals surface area contributed by atoms with Crippen molar-refractivity contribution >= 4 is 5.91 Å². The van der Waals surface area contributed by atoms with Gasteiger partial charge in [0.2, 0.25) is 5.91 Å². The monoisotopic (exact) mass is 305 g/mol. The maximum atomic E-state index is 12.7. The van der Waals surface area contributed by atoms with Crippen LogP contribution in [0.3, 0.4) is 0 Å². The molecule has 3 heteroatoms. The summed E-state index contributed by atoms with van der Waals surface area (Å²) in [5.74, 6) is 0.319. The molecule has 0 aromatic heterocycles. The average molecular weight is 305 g/mol. The van der Waals surface area contributed by atoms with Gasteiger partial charge in [0, 0.05) is 31.5 Å². The molecule has 0 aliphatic heterocycles. The second kappa shape index (κ2) is 6.74. The number of rotatable bonds is 5. The van der Waals surface area contributed by atoms with Crippen LogP contribution >= 0.6 is 0 Å². The number of nitrogens with zero attached hydrogens (tertiary/aromatic N) is 1. The molecule has 3 rings (SSSR count). The summed E-state index contributed by atoms with van der Waals surface area (Å²) in [6, 6.07) is 0.406. The highest BCUT2D eigenvalue weighted by molar-refractivity contribution is 5.79. The van der Waals surface area contributed by atoms with Crippen molar-refractivity contribution in [1.82, 2.24) is 4.90 Å². The summed E-state index contributed by atoms with van der Waals surface area (Å²) < 4.78 is 5.98. The molecule has 3 nitrogen and oxygen atoms in total. The first-order valence-corrected chi connectivity index (χ1v) is 9.22. The molecule has 0 saturated heterocycles. The van der Waals surface area contributed by atoms with E-state index in [0.29, 0.717) is 24.5 Å². The van der Waals surface area contributed by atoms with Gasteiger partial charge in [-0.15, -0.1) is 0 Å². The lowest BCUT2D eigenvalue weighted by Crippen LogP contribution is -2.64. The Morgan fingerprint density at radius 1 is 1.32 bits per heavy atom. The van der Waals surface area contributed by atoms with Gasteiger partial charge in [-0.3, -0.25) is 4.79 Å². The van der Waals surface area contributed by atoms with Gasteiger partial charge < -0.3 is 9.64 Å². The van der Waals surface area contributed by atoms with E-state index in [1.165, 1.54) is 44.1 Å². The molecule has 2 fully saturated rings. The molecular weight excluding hydrogens is 274 g/mol. The van der Waals surface area contributed by atoms with Crippen LogP contribution in [-0.2, 0) is 9.53 Å². The molecule has 0 radical (unpaired) electrons. The van der Waals surface area contributed by atoms with Gasteiger partial charge in [0.25, 0.3) is 0 Å². The van der Waals surface area contributed by atoms with Crippen molar-refractivity contribution in [1.29, 1.82) is 0 Å². The fourth-order valence-corrected chi connectivity index (χ4v) is 4.95. The third-order valence-electron chi connectivity index (χ3n) is 6.27. The van der Waals surface area contributed by atoms with E-state index in [9.17, 15) is 4.79 Å². The Kier molecular flexibility index (Phi) is 4.91. The summed E-state index contributed by atoms with van der Waals surface area (Å²) in [6.07, 6.45) is 14.3. The van der Waals surface area contributed by atoms with E-state index in [1.54, 1.807) is 0 Å². The van der Waals surface area contributed by atoms with Crippen molar-refractivity contribution in [3.05, 3.63) is 11.6 Å². The Labute approximate surface area is 135 Å². The van der Waals surface area contributed by atoms with Gasteiger partial charge in [0.05, 0.1) is 6.10 Å². The molecule has 0 N–H and O–H groups in total. The van der Waals surface area contributed by atoms with Crippen LogP contribution in [0.15, 0.2) is 11.6 Å². The zero-order valence-electron chi connectivity index (χ0n) is 14.3. The van der Waals surface area contributed by atoms with Gasteiger partial charge in [-0.25, -0.2) is 0 Å². The van der Waals surface area contributed by atoms with E-state index in [2.05, 4.69) is 17.9 Å². The first-order chi connectivity index (χ1) is 10.7. The number of hydrogen-bond acceptors (Lipinski definition) is 2. The lowest BCUT2D eigenvalue weighted by Gasteiger charge is -2.57. The molecule has 2 saturated carbocycles. The number of amides is 1. The molecule has 22 heavy (non-hydrogen) atoms. The molecule has 1 amide bonds. The van der Waals surface area contributed by atoms with Gasteiger partial charge in [-0.05, 0) is 51.9 Å². The standard InChI is InChI=1S/C19H31NO2/c1-3-22-17-14-16(19(17)11-7-8-12-19)20(2)18(21)13-15-9-5-4-6-10-15/h9,16-17H,3-8,10-14H2,1-2H3/t16-,17+/m1/s1. The van der Waals surface area contributed by atoms with Gasteiger partial charge in [0.15, 0.2) is 0 Å². The minimum atomic E-state index is 0.265. The summed E-state index contributed by atoms with van der Waals surface area (Å²) in [5.41, 5.74) is 1.63. The van der Waals surface area contributed by atoms with Gasteiger partial charge in [0.1, 0.15) is 0 Å². The lowest BCUT2D eigenvalue weighted by atomic mass is 9.60. The van der Waals surface area contributed by atoms with Crippen LogP contribution in [0, 0.1) is 5.41 Å². The number of carbonyl (C=O) groups excluding carboxylic acids is 1. The summed E-state index contributed by atoms with van der Waals surface area (Å²) in [6.45, 7) is 2.88. The van der Waals surface area contributed by atoms with E-state index in [-0.39, 0.29) is 5.41 Å². The van der Waals surface area contributed by atoms with Crippen molar-refractivity contribution in [2.45, 2.75) is 83.3 Å². The smallest absolute Gasteiger partial charge is 0.226 e. The molecular formula is C19H31NO2. The van der Waals surface area contributed by atoms with Crippen LogP contribution in [-0.4, -0.2) is 36.6 Å². The largest absolute Gasteiger partial charge is 0.378 e. The molecule has 0 aromatic carbocycles. The van der Waals surface area contributed by atoms with Crippen molar-refractivity contribution in [2.24, 2.45) is 5.41 Å². The van der Waals surface area contributed by atoms with Crippen molar-refractivity contribution < 1.29 is 9.53 Å². The van der Waals surface area contributed by atoms with Crippen LogP contribution in [0.25, 0.3) is 0 Å². The first kappa shape index (κ1) is 16.0. The minimum absolute atomic E-state index is 0.265. The van der Waals surface area contributed by atoms with Crippen molar-refractivity contribution in [3.63, 3.8) is 0 Å². The minimum Gasteiger partial charge on any atom is -0.378 e. The number of ether oxygens (including phenoxy) is 1. The SMILES string of the molecule is CCO[C@H]1C[C@@H](N(C)C(=O)CC2=CCCCC2)C12CCCC2. The molecule has 2 atom stereocenters. The predicted molar refractivity (Wildman–Crippen MR) is 88.7 cm³/mol. The predicted octanol–water partition coefficient (Wildman–Crippen LogP) is 4.07. The molecule has 124 valence electrons. The maximum absolute atomic E-state index is 12.7. The van der Waals surface area contributed by atoms with E-state index in [1.807, 2.05) is 7.05 Å². The highest BCUT2D eigenvalue weighted by Crippen LogP contribution is 2.56. The van der Waals surface area contributed by atoms with Crippen molar-refractivity contribution in [2.75, 3.05) is 13.7 Å². The fourth-order valence-electron chi connectivity index (χ4n) is 4.95. The Morgan fingerprint density at radius 2 is 2.09 bits per heavy atom. The zero-order chi connectivity index (χ0) is 15.6. The van der Waals surface area contributed by atoms with E-state index in [4.69, 9.17) is 4.74 Å². The Balaban J connectivity index is 1.63. The molecule has 0 unspecified atom stereocenters. The second-order valence-electron chi connectivity index (χ2n) is 7.43. The Bertz CT molecular complexity index is 437. The van der Waals surface area contributed by atoms with Crippen LogP contribution in [0.4, 0.5) is 0 Å². The Hall–Kier alpha value is -0.830. The van der Waals surface area contributed by atoms with E-state index >= 15 is 0 Å². The second-order valence-corrected chi connectivity index (χ2v) is 7.43. The quantitative estimate of drug-likeness (QED) is 0.716. The molecule has 0 heterocycles. The topological polar surface area (TPSA) is 29.5 Å². The van der Waals surface area contributed by atoms with Gasteiger partial charge in [-0.1, -0.05) is 24.5 Å². The Morgan fingerprint density at radius 3 is 2.73 bits per heavy atom. The highest BCUT2D eigenvalue weighted by Gasteiger charge is 2.58. The molecule has 0 bridgehead atoms. The maximum Gasteiger partial charge on any atom is 0.226 e. The first-order valence-electron chi connectivity index (χ1n) is 9.22. The fraction of sp³-hybridized carbons (Fsp3) is 0.842. The molecule has 0 aromatic rings.